The van der Waals surface area contributed by atoms with E-state index in [-0.39, 0.29) is 18.1 Å². The number of nitrogens with two attached hydrogens (primary N) is 1. The van der Waals surface area contributed by atoms with Crippen LogP contribution in [0.3, 0.4) is 0 Å². The van der Waals surface area contributed by atoms with Gasteiger partial charge in [0.1, 0.15) is 6.04 Å². The van der Waals surface area contributed by atoms with Crippen molar-refractivity contribution in [1.82, 2.24) is 5.32 Å². The second-order valence-corrected chi connectivity index (χ2v) is 5.08. The lowest BCUT2D eigenvalue weighted by Crippen LogP contribution is -2.47. The molecule has 18 heavy (non-hydrogen) atoms. The molecule has 0 saturated heterocycles. The predicted octanol–water partition coefficient (Wildman–Crippen LogP) is 1.42. The maximum Gasteiger partial charge on any atom is 0.239 e. The van der Waals surface area contributed by atoms with Gasteiger partial charge in [-0.1, -0.05) is 23.7 Å². The molecule has 1 aromatic carbocycles. The Morgan fingerprint density at radius 3 is 2.89 bits per heavy atom. The molecule has 1 fully saturated rings. The average molecular weight is 269 g/mol. The fraction of sp³-hybridized carbons (Fsp3) is 0.462. The van der Waals surface area contributed by atoms with Crippen LogP contribution in [-0.2, 0) is 15.1 Å². The van der Waals surface area contributed by atoms with Gasteiger partial charge in [0.05, 0.1) is 12.1 Å². The smallest absolute Gasteiger partial charge is 0.239 e. The largest absolute Gasteiger partial charge is 0.383 e. The van der Waals surface area contributed by atoms with Gasteiger partial charge in [0.2, 0.25) is 5.91 Å². The molecule has 0 aromatic heterocycles. The maximum atomic E-state index is 11.9. The Hall–Kier alpha value is -1.10. The summed E-state index contributed by atoms with van der Waals surface area (Å²) in [4.78, 5) is 11.9. The molecule has 1 amide bonds. The Balaban J connectivity index is 2.07. The van der Waals surface area contributed by atoms with E-state index in [1.54, 1.807) is 0 Å². The van der Waals surface area contributed by atoms with Crippen LogP contribution in [0.15, 0.2) is 24.3 Å². The molecule has 4 nitrogen and oxygen atoms in total. The quantitative estimate of drug-likeness (QED) is 0.849. The molecule has 0 heterocycles. The van der Waals surface area contributed by atoms with Crippen LogP contribution in [-0.4, -0.2) is 25.7 Å². The predicted molar refractivity (Wildman–Crippen MR) is 70.4 cm³/mol. The van der Waals surface area contributed by atoms with Crippen LogP contribution in [0, 0.1) is 0 Å². The van der Waals surface area contributed by atoms with Crippen LogP contribution in [0.4, 0.5) is 0 Å². The van der Waals surface area contributed by atoms with Crippen molar-refractivity contribution in [3.05, 3.63) is 34.9 Å². The molecule has 1 atom stereocenters. The first-order valence-corrected chi connectivity index (χ1v) is 6.28. The number of benzene rings is 1. The van der Waals surface area contributed by atoms with E-state index in [4.69, 9.17) is 22.1 Å². The van der Waals surface area contributed by atoms with Gasteiger partial charge in [0.25, 0.3) is 0 Å². The Kier molecular flexibility index (Phi) is 3.90. The lowest BCUT2D eigenvalue weighted by atomic mass is 10.0. The van der Waals surface area contributed by atoms with Gasteiger partial charge in [-0.05, 0) is 30.5 Å². The monoisotopic (exact) mass is 268 g/mol. The Morgan fingerprint density at radius 1 is 1.61 bits per heavy atom. The number of carbonyl (C=O) groups excluding carboxylic acids is 1. The molecule has 1 aromatic rings. The summed E-state index contributed by atoms with van der Waals surface area (Å²) in [6.45, 7) is 0.220. The zero-order chi connectivity index (χ0) is 13.2. The average Bonchev–Trinajstić information content (AvgIpc) is 3.10. The van der Waals surface area contributed by atoms with E-state index in [0.29, 0.717) is 5.02 Å². The molecule has 0 aliphatic heterocycles. The topological polar surface area (TPSA) is 64.3 Å². The van der Waals surface area contributed by atoms with Crippen molar-refractivity contribution in [3.63, 3.8) is 0 Å². The van der Waals surface area contributed by atoms with Gasteiger partial charge in [-0.15, -0.1) is 0 Å². The molecule has 2 rings (SSSR count). The third-order valence-corrected chi connectivity index (χ3v) is 3.41. The first-order valence-electron chi connectivity index (χ1n) is 5.90. The molecule has 3 N–H and O–H groups in total. The van der Waals surface area contributed by atoms with E-state index < -0.39 is 6.04 Å². The zero-order valence-electron chi connectivity index (χ0n) is 10.3. The second-order valence-electron chi connectivity index (χ2n) is 4.64. The van der Waals surface area contributed by atoms with Crippen LogP contribution in [0.2, 0.25) is 5.02 Å². The van der Waals surface area contributed by atoms with Crippen molar-refractivity contribution in [2.75, 3.05) is 13.7 Å². The molecule has 1 aliphatic carbocycles. The number of methoxy groups -OCH3 is 1. The second kappa shape index (κ2) is 5.26. The van der Waals surface area contributed by atoms with Crippen LogP contribution in [0.5, 0.6) is 0 Å². The minimum absolute atomic E-state index is 0.186. The van der Waals surface area contributed by atoms with Gasteiger partial charge in [-0.2, -0.15) is 0 Å². The van der Waals surface area contributed by atoms with Crippen molar-refractivity contribution < 1.29 is 9.53 Å². The van der Waals surface area contributed by atoms with Crippen LogP contribution in [0.1, 0.15) is 18.4 Å². The van der Waals surface area contributed by atoms with E-state index in [2.05, 4.69) is 5.32 Å². The summed E-state index contributed by atoms with van der Waals surface area (Å²) in [6, 6.07) is 6.93. The number of hydrogen-bond acceptors (Lipinski definition) is 3. The van der Waals surface area contributed by atoms with E-state index in [1.807, 2.05) is 24.3 Å². The van der Waals surface area contributed by atoms with Gasteiger partial charge in [-0.25, -0.2) is 0 Å². The van der Waals surface area contributed by atoms with Gasteiger partial charge < -0.3 is 15.8 Å². The molecule has 1 aliphatic rings. The van der Waals surface area contributed by atoms with E-state index in [1.165, 1.54) is 7.11 Å². The number of amides is 1. The maximum absolute atomic E-state index is 11.9. The van der Waals surface area contributed by atoms with E-state index in [0.717, 1.165) is 18.4 Å². The molecule has 0 radical (unpaired) electrons. The highest BCUT2D eigenvalue weighted by Gasteiger charge is 2.46. The fourth-order valence-electron chi connectivity index (χ4n) is 1.98. The van der Waals surface area contributed by atoms with Crippen LogP contribution < -0.4 is 11.1 Å². The molecular formula is C13H17ClN2O2. The highest BCUT2D eigenvalue weighted by Crippen LogP contribution is 2.45. The number of hydrogen-bond donors (Lipinski definition) is 2. The summed E-state index contributed by atoms with van der Waals surface area (Å²) >= 11 is 5.97. The third-order valence-electron chi connectivity index (χ3n) is 3.17. The molecule has 5 heteroatoms. The van der Waals surface area contributed by atoms with Crippen molar-refractivity contribution >= 4 is 17.5 Å². The third kappa shape index (κ3) is 2.83. The number of nitrogens with one attached hydrogen (secondary N) is 1. The lowest BCUT2D eigenvalue weighted by Gasteiger charge is -2.20. The van der Waals surface area contributed by atoms with Crippen molar-refractivity contribution in [2.45, 2.75) is 24.4 Å². The molecule has 0 bridgehead atoms. The van der Waals surface area contributed by atoms with E-state index >= 15 is 0 Å². The lowest BCUT2D eigenvalue weighted by molar-refractivity contribution is -0.124. The molecular weight excluding hydrogens is 252 g/mol. The van der Waals surface area contributed by atoms with Gasteiger partial charge >= 0.3 is 0 Å². The number of halogens is 1. The van der Waals surface area contributed by atoms with Crippen molar-refractivity contribution in [1.29, 1.82) is 0 Å². The fourth-order valence-corrected chi connectivity index (χ4v) is 2.17. The molecule has 0 spiro atoms. The Labute approximate surface area is 111 Å². The number of rotatable bonds is 5. The van der Waals surface area contributed by atoms with Crippen molar-refractivity contribution in [3.8, 4) is 0 Å². The summed E-state index contributed by atoms with van der Waals surface area (Å²) in [6.07, 6.45) is 1.83. The SMILES string of the molecule is COCC(N)C(=O)NC1(c2cccc(Cl)c2)CC1. The molecule has 1 saturated carbocycles. The molecule has 1 unspecified atom stereocenters. The normalized spacial score (nSPS) is 18.2. The summed E-state index contributed by atoms with van der Waals surface area (Å²) in [5, 5.41) is 3.67. The summed E-state index contributed by atoms with van der Waals surface area (Å²) in [5.74, 6) is -0.186. The highest BCUT2D eigenvalue weighted by molar-refractivity contribution is 6.30. The van der Waals surface area contributed by atoms with Gasteiger partial charge in [-0.3, -0.25) is 4.79 Å². The van der Waals surface area contributed by atoms with Gasteiger partial charge in [0.15, 0.2) is 0 Å². The minimum Gasteiger partial charge on any atom is -0.383 e. The highest BCUT2D eigenvalue weighted by atomic mass is 35.5. The molecule has 98 valence electrons. The van der Waals surface area contributed by atoms with Crippen LogP contribution >= 0.6 is 11.6 Å². The summed E-state index contributed by atoms with van der Waals surface area (Å²) in [7, 11) is 1.52. The number of carbonyl (C=O) groups is 1. The Morgan fingerprint density at radius 2 is 2.33 bits per heavy atom. The van der Waals surface area contributed by atoms with E-state index in [9.17, 15) is 4.79 Å². The summed E-state index contributed by atoms with van der Waals surface area (Å²) in [5.41, 5.74) is 6.46. The van der Waals surface area contributed by atoms with Crippen molar-refractivity contribution in [2.24, 2.45) is 5.73 Å². The Bertz CT molecular complexity index is 446. The van der Waals surface area contributed by atoms with Gasteiger partial charge in [0, 0.05) is 12.1 Å². The standard InChI is InChI=1S/C13H17ClN2O2/c1-18-8-11(15)12(17)16-13(5-6-13)9-3-2-4-10(14)7-9/h2-4,7,11H,5-6,8,15H2,1H3,(H,16,17). The zero-order valence-corrected chi connectivity index (χ0v) is 11.0. The first kappa shape index (κ1) is 13.3. The summed E-state index contributed by atoms with van der Waals surface area (Å²) < 4.78 is 4.88. The number of ether oxygens (including phenoxy) is 1. The minimum atomic E-state index is -0.633. The first-order chi connectivity index (χ1) is 8.57. The van der Waals surface area contributed by atoms with Crippen LogP contribution in [0.25, 0.3) is 0 Å².